The molecule has 1 atom stereocenters. The van der Waals surface area contributed by atoms with E-state index in [9.17, 15) is 0 Å². The van der Waals surface area contributed by atoms with E-state index >= 15 is 0 Å². The Labute approximate surface area is 82.6 Å². The van der Waals surface area contributed by atoms with Gasteiger partial charge in [0.15, 0.2) is 11.5 Å². The van der Waals surface area contributed by atoms with E-state index in [1.807, 2.05) is 13.0 Å². The van der Waals surface area contributed by atoms with Gasteiger partial charge < -0.3 is 19.9 Å². The lowest BCUT2D eigenvalue weighted by Gasteiger charge is -2.12. The second-order valence-corrected chi connectivity index (χ2v) is 3.24. The molecule has 2 N–H and O–H groups in total. The fourth-order valence-electron chi connectivity index (χ4n) is 1.47. The summed E-state index contributed by atoms with van der Waals surface area (Å²) >= 11 is 0. The minimum atomic E-state index is -0.0838. The van der Waals surface area contributed by atoms with E-state index in [1.54, 1.807) is 13.2 Å². The van der Waals surface area contributed by atoms with Crippen LogP contribution < -0.4 is 19.9 Å². The van der Waals surface area contributed by atoms with Gasteiger partial charge in [-0.15, -0.1) is 0 Å². The van der Waals surface area contributed by atoms with E-state index in [2.05, 4.69) is 0 Å². The third kappa shape index (κ3) is 1.37. The summed E-state index contributed by atoms with van der Waals surface area (Å²) in [6, 6.07) is 3.59. The van der Waals surface area contributed by atoms with Gasteiger partial charge in [-0.25, -0.2) is 0 Å². The van der Waals surface area contributed by atoms with Crippen LogP contribution in [0.5, 0.6) is 17.2 Å². The summed E-state index contributed by atoms with van der Waals surface area (Å²) in [5.41, 5.74) is 6.74. The maximum Gasteiger partial charge on any atom is 0.231 e. The van der Waals surface area contributed by atoms with Crippen LogP contribution >= 0.6 is 0 Å². The highest BCUT2D eigenvalue weighted by atomic mass is 16.7. The van der Waals surface area contributed by atoms with Gasteiger partial charge in [-0.1, -0.05) is 0 Å². The molecule has 1 aromatic carbocycles. The van der Waals surface area contributed by atoms with E-state index in [-0.39, 0.29) is 12.8 Å². The molecule has 76 valence electrons. The average Bonchev–Trinajstić information content (AvgIpc) is 2.62. The van der Waals surface area contributed by atoms with Crippen LogP contribution in [0, 0.1) is 0 Å². The molecule has 0 saturated carbocycles. The summed E-state index contributed by atoms with van der Waals surface area (Å²) in [5.74, 6) is 2.19. The maximum absolute atomic E-state index is 5.81. The molecule has 0 bridgehead atoms. The molecule has 0 amide bonds. The molecule has 1 aliphatic heterocycles. The molecule has 1 aromatic rings. The van der Waals surface area contributed by atoms with Gasteiger partial charge in [0.25, 0.3) is 0 Å². The van der Waals surface area contributed by atoms with E-state index in [0.717, 1.165) is 17.1 Å². The second-order valence-electron chi connectivity index (χ2n) is 3.24. The first kappa shape index (κ1) is 9.15. The van der Waals surface area contributed by atoms with Crippen molar-refractivity contribution in [3.05, 3.63) is 17.7 Å². The molecule has 0 saturated heterocycles. The van der Waals surface area contributed by atoms with Gasteiger partial charge in [0.1, 0.15) is 5.75 Å². The van der Waals surface area contributed by atoms with Crippen LogP contribution in [0.4, 0.5) is 0 Å². The number of fused-ring (bicyclic) bond motifs is 1. The Kier molecular flexibility index (Phi) is 2.21. The average molecular weight is 195 g/mol. The molecule has 0 aromatic heterocycles. The lowest BCUT2D eigenvalue weighted by Crippen LogP contribution is -2.06. The molecule has 4 nitrogen and oxygen atoms in total. The van der Waals surface area contributed by atoms with E-state index < -0.39 is 0 Å². The Balaban J connectivity index is 2.49. The first-order valence-electron chi connectivity index (χ1n) is 4.45. The minimum Gasteiger partial charge on any atom is -0.496 e. The molecule has 4 heteroatoms. The Bertz CT molecular complexity index is 349. The van der Waals surface area contributed by atoms with Gasteiger partial charge in [0, 0.05) is 17.7 Å². The van der Waals surface area contributed by atoms with Gasteiger partial charge in [0.2, 0.25) is 6.79 Å². The number of benzene rings is 1. The first-order chi connectivity index (χ1) is 6.72. The van der Waals surface area contributed by atoms with Crippen LogP contribution in [-0.4, -0.2) is 13.9 Å². The van der Waals surface area contributed by atoms with Crippen molar-refractivity contribution in [3.8, 4) is 17.2 Å². The van der Waals surface area contributed by atoms with Crippen molar-refractivity contribution in [1.82, 2.24) is 0 Å². The summed E-state index contributed by atoms with van der Waals surface area (Å²) in [5, 5.41) is 0. The van der Waals surface area contributed by atoms with Gasteiger partial charge in [-0.05, 0) is 13.0 Å². The smallest absolute Gasteiger partial charge is 0.231 e. The lowest BCUT2D eigenvalue weighted by molar-refractivity contribution is 0.174. The topological polar surface area (TPSA) is 53.7 Å². The van der Waals surface area contributed by atoms with Crippen molar-refractivity contribution in [3.63, 3.8) is 0 Å². The second kappa shape index (κ2) is 3.38. The fraction of sp³-hybridized carbons (Fsp3) is 0.400. The Morgan fingerprint density at radius 3 is 2.57 bits per heavy atom. The van der Waals surface area contributed by atoms with Crippen molar-refractivity contribution in [2.75, 3.05) is 13.9 Å². The molecule has 0 fully saturated rings. The fourth-order valence-corrected chi connectivity index (χ4v) is 1.47. The molecular weight excluding hydrogens is 182 g/mol. The number of rotatable bonds is 2. The van der Waals surface area contributed by atoms with Crippen LogP contribution in [0.3, 0.4) is 0 Å². The highest BCUT2D eigenvalue weighted by Crippen LogP contribution is 2.39. The normalized spacial score (nSPS) is 15.4. The van der Waals surface area contributed by atoms with Gasteiger partial charge in [0.05, 0.1) is 7.11 Å². The summed E-state index contributed by atoms with van der Waals surface area (Å²) in [6.45, 7) is 2.17. The predicted molar refractivity (Wildman–Crippen MR) is 51.7 cm³/mol. The number of methoxy groups -OCH3 is 1. The largest absolute Gasteiger partial charge is 0.496 e. The van der Waals surface area contributed by atoms with Crippen LogP contribution in [-0.2, 0) is 0 Å². The SMILES string of the molecule is COc1cc2c(cc1[C@@H](C)N)OCO2. The van der Waals surface area contributed by atoms with Crippen LogP contribution in [0.15, 0.2) is 12.1 Å². The van der Waals surface area contributed by atoms with Crippen LogP contribution in [0.25, 0.3) is 0 Å². The van der Waals surface area contributed by atoms with E-state index in [4.69, 9.17) is 19.9 Å². The standard InChI is InChI=1S/C10H13NO3/c1-6(11)7-3-9-10(14-5-13-9)4-8(7)12-2/h3-4,6H,5,11H2,1-2H3/t6-/m1/s1. The van der Waals surface area contributed by atoms with Gasteiger partial charge in [-0.2, -0.15) is 0 Å². The zero-order valence-electron chi connectivity index (χ0n) is 8.24. The zero-order valence-corrected chi connectivity index (χ0v) is 8.24. The highest BCUT2D eigenvalue weighted by Gasteiger charge is 2.19. The third-order valence-electron chi connectivity index (χ3n) is 2.22. The quantitative estimate of drug-likeness (QED) is 0.775. The van der Waals surface area contributed by atoms with Crippen LogP contribution in [0.1, 0.15) is 18.5 Å². The molecule has 14 heavy (non-hydrogen) atoms. The minimum absolute atomic E-state index is 0.0838. The van der Waals surface area contributed by atoms with Crippen molar-refractivity contribution in [1.29, 1.82) is 0 Å². The molecule has 1 heterocycles. The summed E-state index contributed by atoms with van der Waals surface area (Å²) in [4.78, 5) is 0. The molecular formula is C10H13NO3. The van der Waals surface area contributed by atoms with Crippen molar-refractivity contribution >= 4 is 0 Å². The van der Waals surface area contributed by atoms with E-state index in [1.165, 1.54) is 0 Å². The maximum atomic E-state index is 5.81. The van der Waals surface area contributed by atoms with Gasteiger partial charge >= 0.3 is 0 Å². The highest BCUT2D eigenvalue weighted by molar-refractivity contribution is 5.52. The number of hydrogen-bond acceptors (Lipinski definition) is 4. The predicted octanol–water partition coefficient (Wildman–Crippen LogP) is 1.44. The summed E-state index contributed by atoms with van der Waals surface area (Å²) in [7, 11) is 1.61. The van der Waals surface area contributed by atoms with Gasteiger partial charge in [-0.3, -0.25) is 0 Å². The zero-order chi connectivity index (χ0) is 10.1. The molecule has 2 rings (SSSR count). The summed E-state index contributed by atoms with van der Waals surface area (Å²) in [6.07, 6.45) is 0. The number of nitrogens with two attached hydrogens (primary N) is 1. The van der Waals surface area contributed by atoms with Crippen molar-refractivity contribution in [2.45, 2.75) is 13.0 Å². The molecule has 1 aliphatic rings. The van der Waals surface area contributed by atoms with Crippen molar-refractivity contribution in [2.24, 2.45) is 5.73 Å². The first-order valence-corrected chi connectivity index (χ1v) is 4.45. The summed E-state index contributed by atoms with van der Waals surface area (Å²) < 4.78 is 15.7. The number of ether oxygens (including phenoxy) is 3. The molecule has 0 unspecified atom stereocenters. The monoisotopic (exact) mass is 195 g/mol. The molecule has 0 radical (unpaired) electrons. The molecule has 0 spiro atoms. The Hall–Kier alpha value is -1.42. The van der Waals surface area contributed by atoms with E-state index in [0.29, 0.717) is 5.75 Å². The number of hydrogen-bond donors (Lipinski definition) is 1. The Morgan fingerprint density at radius 2 is 2.00 bits per heavy atom. The Morgan fingerprint density at radius 1 is 1.36 bits per heavy atom. The molecule has 0 aliphatic carbocycles. The third-order valence-corrected chi connectivity index (χ3v) is 2.22. The van der Waals surface area contributed by atoms with Crippen LogP contribution in [0.2, 0.25) is 0 Å². The lowest BCUT2D eigenvalue weighted by atomic mass is 10.1. The van der Waals surface area contributed by atoms with Crippen molar-refractivity contribution < 1.29 is 14.2 Å².